The Kier molecular flexibility index (Phi) is 3.88. The Morgan fingerprint density at radius 3 is 2.71 bits per heavy atom. The highest BCUT2D eigenvalue weighted by Crippen LogP contribution is 2.20. The molecule has 0 amide bonds. The summed E-state index contributed by atoms with van der Waals surface area (Å²) in [7, 11) is 0. The lowest BCUT2D eigenvalue weighted by molar-refractivity contribution is 0.317. The maximum atomic E-state index is 5.53. The highest BCUT2D eigenvalue weighted by Gasteiger charge is 1.98. The Morgan fingerprint density at radius 2 is 2.06 bits per heavy atom. The highest BCUT2D eigenvalue weighted by molar-refractivity contribution is 7.71. The predicted octanol–water partition coefficient (Wildman–Crippen LogP) is 3.59. The lowest BCUT2D eigenvalue weighted by Crippen LogP contribution is -1.94. The van der Waals surface area contributed by atoms with Crippen LogP contribution in [0.1, 0.15) is 13.3 Å². The molecule has 0 radical (unpaired) electrons. The van der Waals surface area contributed by atoms with Crippen molar-refractivity contribution >= 4 is 12.2 Å². The maximum Gasteiger partial charge on any atom is 0.130 e. The summed E-state index contributed by atoms with van der Waals surface area (Å²) in [5.74, 6) is 0.892. The monoisotopic (exact) mass is 246 g/mol. The number of ether oxygens (including phenoxy) is 1. The van der Waals surface area contributed by atoms with Gasteiger partial charge in [0.05, 0.1) is 12.9 Å². The van der Waals surface area contributed by atoms with Gasteiger partial charge in [-0.05, 0) is 42.3 Å². The smallest absolute Gasteiger partial charge is 0.130 e. The van der Waals surface area contributed by atoms with Crippen molar-refractivity contribution in [3.63, 3.8) is 0 Å². The van der Waals surface area contributed by atoms with E-state index in [4.69, 9.17) is 17.0 Å². The molecule has 0 bridgehead atoms. The van der Waals surface area contributed by atoms with E-state index in [0.717, 1.165) is 30.0 Å². The second-order valence-electron chi connectivity index (χ2n) is 3.67. The molecular weight excluding hydrogens is 232 g/mol. The first-order valence-electron chi connectivity index (χ1n) is 5.57. The van der Waals surface area contributed by atoms with Crippen LogP contribution in [0.25, 0.3) is 11.3 Å². The molecule has 1 aromatic heterocycles. The first kappa shape index (κ1) is 11.8. The second-order valence-corrected chi connectivity index (χ2v) is 4.09. The Labute approximate surface area is 105 Å². The Morgan fingerprint density at radius 1 is 1.29 bits per heavy atom. The van der Waals surface area contributed by atoms with E-state index in [0.29, 0.717) is 4.64 Å². The molecule has 0 aliphatic heterocycles. The lowest BCUT2D eigenvalue weighted by atomic mass is 10.1. The fourth-order valence-corrected chi connectivity index (χ4v) is 1.66. The van der Waals surface area contributed by atoms with Gasteiger partial charge in [-0.1, -0.05) is 19.1 Å². The van der Waals surface area contributed by atoms with Crippen molar-refractivity contribution in [2.24, 2.45) is 0 Å². The molecule has 0 aliphatic rings. The molecule has 0 fully saturated rings. The van der Waals surface area contributed by atoms with E-state index in [1.165, 1.54) is 0 Å². The number of aromatic amines is 1. The topological polar surface area (TPSA) is 37.9 Å². The summed E-state index contributed by atoms with van der Waals surface area (Å²) in [6.45, 7) is 2.84. The van der Waals surface area contributed by atoms with Gasteiger partial charge in [0.25, 0.3) is 0 Å². The van der Waals surface area contributed by atoms with Gasteiger partial charge in [0.15, 0.2) is 0 Å². The molecule has 1 heterocycles. The van der Waals surface area contributed by atoms with E-state index in [-0.39, 0.29) is 0 Å². The molecule has 88 valence electrons. The molecule has 0 spiro atoms. The molecule has 2 rings (SSSR count). The van der Waals surface area contributed by atoms with Crippen LogP contribution in [0.5, 0.6) is 5.75 Å². The molecule has 0 saturated heterocycles. The van der Waals surface area contributed by atoms with Crippen LogP contribution < -0.4 is 4.74 Å². The van der Waals surface area contributed by atoms with Crippen molar-refractivity contribution in [2.45, 2.75) is 13.3 Å². The Bertz CT molecular complexity index is 534. The minimum atomic E-state index is 0.588. The lowest BCUT2D eigenvalue weighted by Gasteiger charge is -2.05. The summed E-state index contributed by atoms with van der Waals surface area (Å²) >= 11 is 5.03. The van der Waals surface area contributed by atoms with Gasteiger partial charge in [0.2, 0.25) is 0 Å². The summed E-state index contributed by atoms with van der Waals surface area (Å²) in [6.07, 6.45) is 2.62. The van der Waals surface area contributed by atoms with Crippen molar-refractivity contribution in [1.82, 2.24) is 9.97 Å². The third-order valence-corrected chi connectivity index (χ3v) is 2.54. The zero-order chi connectivity index (χ0) is 12.1. The standard InChI is InChI=1S/C13H14N2OS/c1-2-7-16-11-5-3-10(4-6-11)12-8-13(17)15-9-14-12/h3-6,8-9H,2,7H2,1H3,(H,14,15,17). The van der Waals surface area contributed by atoms with Gasteiger partial charge >= 0.3 is 0 Å². The summed E-state index contributed by atoms with van der Waals surface area (Å²) in [4.78, 5) is 7.03. The molecule has 1 aromatic carbocycles. The normalized spacial score (nSPS) is 10.2. The van der Waals surface area contributed by atoms with E-state index in [1.807, 2.05) is 30.3 Å². The van der Waals surface area contributed by atoms with Crippen LogP contribution in [0.4, 0.5) is 0 Å². The van der Waals surface area contributed by atoms with Gasteiger partial charge in [-0.25, -0.2) is 4.98 Å². The van der Waals surface area contributed by atoms with Crippen LogP contribution in [-0.2, 0) is 0 Å². The van der Waals surface area contributed by atoms with Crippen molar-refractivity contribution in [3.8, 4) is 17.0 Å². The number of nitrogens with zero attached hydrogens (tertiary/aromatic N) is 1. The molecular formula is C13H14N2OS. The van der Waals surface area contributed by atoms with Crippen LogP contribution in [0, 0.1) is 4.64 Å². The van der Waals surface area contributed by atoms with Gasteiger partial charge < -0.3 is 9.72 Å². The van der Waals surface area contributed by atoms with Crippen molar-refractivity contribution in [2.75, 3.05) is 6.61 Å². The van der Waals surface area contributed by atoms with E-state index in [2.05, 4.69) is 16.9 Å². The van der Waals surface area contributed by atoms with E-state index < -0.39 is 0 Å². The largest absolute Gasteiger partial charge is 0.494 e. The van der Waals surface area contributed by atoms with E-state index in [9.17, 15) is 0 Å². The van der Waals surface area contributed by atoms with Crippen LogP contribution in [-0.4, -0.2) is 16.6 Å². The molecule has 0 saturated carbocycles. The second kappa shape index (κ2) is 5.59. The average molecular weight is 246 g/mol. The summed E-state index contributed by atoms with van der Waals surface area (Å²) in [6, 6.07) is 9.78. The van der Waals surface area contributed by atoms with Crippen LogP contribution in [0.15, 0.2) is 36.7 Å². The highest BCUT2D eigenvalue weighted by atomic mass is 32.1. The third-order valence-electron chi connectivity index (χ3n) is 2.32. The van der Waals surface area contributed by atoms with Crippen molar-refractivity contribution in [3.05, 3.63) is 41.3 Å². The SMILES string of the molecule is CCCOc1ccc(-c2cc(=S)nc[nH]2)cc1. The number of H-pyrrole nitrogens is 1. The molecule has 3 nitrogen and oxygen atoms in total. The number of aromatic nitrogens is 2. The number of nitrogens with one attached hydrogen (secondary N) is 1. The molecule has 0 atom stereocenters. The molecule has 2 aromatic rings. The van der Waals surface area contributed by atoms with E-state index in [1.54, 1.807) is 6.33 Å². The quantitative estimate of drug-likeness (QED) is 0.838. The zero-order valence-electron chi connectivity index (χ0n) is 9.64. The number of hydrogen-bond donors (Lipinski definition) is 1. The maximum absolute atomic E-state index is 5.53. The number of hydrogen-bond acceptors (Lipinski definition) is 3. The summed E-state index contributed by atoms with van der Waals surface area (Å²) in [5, 5.41) is 0. The fourth-order valence-electron chi connectivity index (χ4n) is 1.49. The Hall–Kier alpha value is -1.68. The molecule has 0 aliphatic carbocycles. The summed E-state index contributed by atoms with van der Waals surface area (Å²) in [5.41, 5.74) is 2.04. The average Bonchev–Trinajstić information content (AvgIpc) is 2.37. The van der Waals surface area contributed by atoms with Crippen LogP contribution in [0.2, 0.25) is 0 Å². The summed E-state index contributed by atoms with van der Waals surface area (Å²) < 4.78 is 6.11. The van der Waals surface area contributed by atoms with Crippen molar-refractivity contribution < 1.29 is 4.74 Å². The fraction of sp³-hybridized carbons (Fsp3) is 0.231. The number of rotatable bonds is 4. The van der Waals surface area contributed by atoms with Gasteiger partial charge in [-0.15, -0.1) is 0 Å². The first-order chi connectivity index (χ1) is 8.29. The molecule has 4 heteroatoms. The third kappa shape index (κ3) is 3.14. The minimum Gasteiger partial charge on any atom is -0.494 e. The van der Waals surface area contributed by atoms with Crippen molar-refractivity contribution in [1.29, 1.82) is 0 Å². The molecule has 1 N–H and O–H groups in total. The van der Waals surface area contributed by atoms with Gasteiger partial charge in [0, 0.05) is 5.69 Å². The first-order valence-corrected chi connectivity index (χ1v) is 5.98. The van der Waals surface area contributed by atoms with Crippen LogP contribution >= 0.6 is 12.2 Å². The van der Waals surface area contributed by atoms with Gasteiger partial charge in [-0.3, -0.25) is 0 Å². The minimum absolute atomic E-state index is 0.588. The molecule has 17 heavy (non-hydrogen) atoms. The van der Waals surface area contributed by atoms with Gasteiger partial charge in [0.1, 0.15) is 10.4 Å². The predicted molar refractivity (Wildman–Crippen MR) is 70.6 cm³/mol. The zero-order valence-corrected chi connectivity index (χ0v) is 10.5. The van der Waals surface area contributed by atoms with E-state index >= 15 is 0 Å². The number of benzene rings is 1. The molecule has 0 unspecified atom stereocenters. The van der Waals surface area contributed by atoms with Gasteiger partial charge in [-0.2, -0.15) is 0 Å². The Balaban J connectivity index is 2.20. The van der Waals surface area contributed by atoms with Crippen LogP contribution in [0.3, 0.4) is 0 Å².